The molecule has 0 aliphatic carbocycles. The maximum atomic E-state index is 13.0. The molecule has 0 saturated carbocycles. The van der Waals surface area contributed by atoms with Crippen molar-refractivity contribution in [2.45, 2.75) is 33.6 Å². The Bertz CT molecular complexity index is 974. The van der Waals surface area contributed by atoms with E-state index in [0.29, 0.717) is 23.6 Å². The number of pyridine rings is 1. The van der Waals surface area contributed by atoms with Gasteiger partial charge in [-0.1, -0.05) is 19.4 Å². The van der Waals surface area contributed by atoms with E-state index in [0.717, 1.165) is 29.7 Å². The molecule has 6 nitrogen and oxygen atoms in total. The molecule has 0 bridgehead atoms. The number of hydrogen-bond donors (Lipinski definition) is 1. The number of carbonyl (C=O) groups excluding carboxylic acids is 2. The maximum Gasteiger partial charge on any atom is 0.338 e. The molecule has 2 aromatic heterocycles. The van der Waals surface area contributed by atoms with Crippen molar-refractivity contribution in [1.82, 2.24) is 9.38 Å². The second-order valence-corrected chi connectivity index (χ2v) is 6.34. The summed E-state index contributed by atoms with van der Waals surface area (Å²) < 4.78 is 6.81. The number of aromatic nitrogens is 2. The van der Waals surface area contributed by atoms with Gasteiger partial charge in [-0.2, -0.15) is 0 Å². The van der Waals surface area contributed by atoms with E-state index in [1.807, 2.05) is 29.7 Å². The smallest absolute Gasteiger partial charge is 0.338 e. The number of nitrogens with zero attached hydrogens (tertiary/aromatic N) is 2. The van der Waals surface area contributed by atoms with Crippen LogP contribution in [0.15, 0.2) is 42.6 Å². The van der Waals surface area contributed by atoms with Gasteiger partial charge in [0.2, 0.25) is 0 Å². The minimum Gasteiger partial charge on any atom is -0.462 e. The Labute approximate surface area is 158 Å². The summed E-state index contributed by atoms with van der Waals surface area (Å²) in [4.78, 5) is 29.3. The largest absolute Gasteiger partial charge is 0.462 e. The van der Waals surface area contributed by atoms with Crippen LogP contribution in [-0.4, -0.2) is 27.9 Å². The maximum absolute atomic E-state index is 13.0. The average Bonchev–Trinajstić information content (AvgIpc) is 3.00. The molecule has 0 spiro atoms. The zero-order valence-electron chi connectivity index (χ0n) is 15.8. The van der Waals surface area contributed by atoms with Crippen LogP contribution in [0.3, 0.4) is 0 Å². The average molecular weight is 365 g/mol. The third kappa shape index (κ3) is 4.00. The number of benzene rings is 1. The van der Waals surface area contributed by atoms with E-state index in [1.54, 1.807) is 31.2 Å². The summed E-state index contributed by atoms with van der Waals surface area (Å²) in [7, 11) is 0. The molecule has 0 fully saturated rings. The molecule has 27 heavy (non-hydrogen) atoms. The SMILES string of the molecule is CCCc1nc2ccc(C)cn2c1C(=O)Nc1ccc(C(=O)OCC)cc1. The van der Waals surface area contributed by atoms with E-state index in [4.69, 9.17) is 4.74 Å². The van der Waals surface area contributed by atoms with E-state index >= 15 is 0 Å². The van der Waals surface area contributed by atoms with Crippen molar-refractivity contribution in [2.24, 2.45) is 0 Å². The van der Waals surface area contributed by atoms with E-state index in [2.05, 4.69) is 17.2 Å². The number of anilines is 1. The highest BCUT2D eigenvalue weighted by Crippen LogP contribution is 2.18. The highest BCUT2D eigenvalue weighted by molar-refractivity contribution is 6.04. The van der Waals surface area contributed by atoms with E-state index in [9.17, 15) is 9.59 Å². The first-order valence-electron chi connectivity index (χ1n) is 9.09. The highest BCUT2D eigenvalue weighted by Gasteiger charge is 2.19. The summed E-state index contributed by atoms with van der Waals surface area (Å²) in [6.45, 7) is 6.13. The summed E-state index contributed by atoms with van der Waals surface area (Å²) in [6, 6.07) is 10.6. The van der Waals surface area contributed by atoms with Crippen molar-refractivity contribution in [1.29, 1.82) is 0 Å². The Hall–Kier alpha value is -3.15. The van der Waals surface area contributed by atoms with Crippen molar-refractivity contribution < 1.29 is 14.3 Å². The molecule has 1 aromatic carbocycles. The van der Waals surface area contributed by atoms with Gasteiger partial charge in [0.15, 0.2) is 0 Å². The minimum absolute atomic E-state index is 0.222. The van der Waals surface area contributed by atoms with Gasteiger partial charge in [0, 0.05) is 11.9 Å². The van der Waals surface area contributed by atoms with Crippen LogP contribution in [0.4, 0.5) is 5.69 Å². The number of nitrogens with one attached hydrogen (secondary N) is 1. The summed E-state index contributed by atoms with van der Waals surface area (Å²) in [6.07, 6.45) is 3.54. The predicted octanol–water partition coefficient (Wildman–Crippen LogP) is 4.02. The zero-order valence-corrected chi connectivity index (χ0v) is 15.8. The quantitative estimate of drug-likeness (QED) is 0.670. The topological polar surface area (TPSA) is 72.7 Å². The molecule has 0 aliphatic rings. The van der Waals surface area contributed by atoms with Gasteiger partial charge in [-0.05, 0) is 56.2 Å². The lowest BCUT2D eigenvalue weighted by molar-refractivity contribution is 0.0526. The van der Waals surface area contributed by atoms with Crippen LogP contribution in [0, 0.1) is 6.92 Å². The number of aryl methyl sites for hydroxylation is 2. The second-order valence-electron chi connectivity index (χ2n) is 6.34. The number of fused-ring (bicyclic) bond motifs is 1. The molecular weight excluding hydrogens is 342 g/mol. The fraction of sp³-hybridized carbons (Fsp3) is 0.286. The first-order chi connectivity index (χ1) is 13.0. The minimum atomic E-state index is -0.377. The molecule has 6 heteroatoms. The van der Waals surface area contributed by atoms with Gasteiger partial charge in [-0.25, -0.2) is 9.78 Å². The van der Waals surface area contributed by atoms with Crippen LogP contribution in [0.1, 0.15) is 52.4 Å². The number of carbonyl (C=O) groups is 2. The van der Waals surface area contributed by atoms with Crippen LogP contribution in [0.2, 0.25) is 0 Å². The molecule has 140 valence electrons. The Morgan fingerprint density at radius 2 is 1.85 bits per heavy atom. The van der Waals surface area contributed by atoms with Gasteiger partial charge in [0.1, 0.15) is 11.3 Å². The zero-order chi connectivity index (χ0) is 19.4. The van der Waals surface area contributed by atoms with Crippen LogP contribution in [-0.2, 0) is 11.2 Å². The van der Waals surface area contributed by atoms with Gasteiger partial charge >= 0.3 is 5.97 Å². The second kappa shape index (κ2) is 8.03. The molecule has 1 amide bonds. The molecule has 0 radical (unpaired) electrons. The molecule has 1 N–H and O–H groups in total. The van der Waals surface area contributed by atoms with Crippen LogP contribution < -0.4 is 5.32 Å². The lowest BCUT2D eigenvalue weighted by Crippen LogP contribution is -2.16. The first-order valence-corrected chi connectivity index (χ1v) is 9.09. The molecule has 0 atom stereocenters. The Kier molecular flexibility index (Phi) is 5.54. The molecule has 0 saturated heterocycles. The predicted molar refractivity (Wildman–Crippen MR) is 104 cm³/mol. The standard InChI is InChI=1S/C21H23N3O3/c1-4-6-17-19(24-13-14(3)7-12-18(24)23-17)20(25)22-16-10-8-15(9-11-16)21(26)27-5-2/h7-13H,4-6H2,1-3H3,(H,22,25). The molecule has 3 rings (SSSR count). The number of amides is 1. The Morgan fingerprint density at radius 1 is 1.11 bits per heavy atom. The molecule has 3 aromatic rings. The third-order valence-electron chi connectivity index (χ3n) is 4.19. The fourth-order valence-electron chi connectivity index (χ4n) is 2.95. The van der Waals surface area contributed by atoms with Crippen LogP contribution in [0.5, 0.6) is 0 Å². The van der Waals surface area contributed by atoms with Crippen LogP contribution >= 0.6 is 0 Å². The lowest BCUT2D eigenvalue weighted by Gasteiger charge is -2.08. The third-order valence-corrected chi connectivity index (χ3v) is 4.19. The Morgan fingerprint density at radius 3 is 2.52 bits per heavy atom. The van der Waals surface area contributed by atoms with E-state index in [-0.39, 0.29) is 11.9 Å². The molecule has 0 aliphatic heterocycles. The van der Waals surface area contributed by atoms with Crippen molar-refractivity contribution in [3.63, 3.8) is 0 Å². The Balaban J connectivity index is 1.88. The van der Waals surface area contributed by atoms with Crippen molar-refractivity contribution in [2.75, 3.05) is 11.9 Å². The van der Waals surface area contributed by atoms with Gasteiger partial charge in [-0.15, -0.1) is 0 Å². The number of hydrogen-bond acceptors (Lipinski definition) is 4. The normalized spacial score (nSPS) is 10.8. The van der Waals surface area contributed by atoms with Gasteiger partial charge in [0.05, 0.1) is 17.9 Å². The fourth-order valence-corrected chi connectivity index (χ4v) is 2.95. The van der Waals surface area contributed by atoms with Gasteiger partial charge < -0.3 is 10.1 Å². The van der Waals surface area contributed by atoms with Gasteiger partial charge in [-0.3, -0.25) is 9.20 Å². The monoisotopic (exact) mass is 365 g/mol. The molecular formula is C21H23N3O3. The molecule has 2 heterocycles. The van der Waals surface area contributed by atoms with Crippen LogP contribution in [0.25, 0.3) is 5.65 Å². The molecule has 0 unspecified atom stereocenters. The van der Waals surface area contributed by atoms with Gasteiger partial charge in [0.25, 0.3) is 5.91 Å². The van der Waals surface area contributed by atoms with E-state index in [1.165, 1.54) is 0 Å². The van der Waals surface area contributed by atoms with E-state index < -0.39 is 0 Å². The summed E-state index contributed by atoms with van der Waals surface area (Å²) in [5.74, 6) is -0.599. The highest BCUT2D eigenvalue weighted by atomic mass is 16.5. The lowest BCUT2D eigenvalue weighted by atomic mass is 10.2. The number of imidazole rings is 1. The summed E-state index contributed by atoms with van der Waals surface area (Å²) in [5, 5.41) is 2.90. The number of esters is 1. The summed E-state index contributed by atoms with van der Waals surface area (Å²) >= 11 is 0. The number of rotatable bonds is 6. The number of ether oxygens (including phenoxy) is 1. The van der Waals surface area contributed by atoms with Crippen molar-refractivity contribution >= 4 is 23.2 Å². The first kappa shape index (κ1) is 18.6. The summed E-state index contributed by atoms with van der Waals surface area (Å²) in [5.41, 5.74) is 4.20. The van der Waals surface area contributed by atoms with Crippen molar-refractivity contribution in [3.05, 3.63) is 65.1 Å². The van der Waals surface area contributed by atoms with Crippen molar-refractivity contribution in [3.8, 4) is 0 Å².